The summed E-state index contributed by atoms with van der Waals surface area (Å²) >= 11 is 0. The van der Waals surface area contributed by atoms with Gasteiger partial charge in [-0.05, 0) is 43.5 Å². The minimum Gasteiger partial charge on any atom is -0.378 e. The maximum atomic E-state index is 12.5. The highest BCUT2D eigenvalue weighted by molar-refractivity contribution is 7.87. The minimum atomic E-state index is -4.35. The Balaban J connectivity index is 2.62. The summed E-state index contributed by atoms with van der Waals surface area (Å²) in [4.78, 5) is 23.2. The third kappa shape index (κ3) is 3.07. The second-order valence-corrected chi connectivity index (χ2v) is 7.01. The van der Waals surface area contributed by atoms with Crippen LogP contribution in [0.5, 0.6) is 5.75 Å². The van der Waals surface area contributed by atoms with Gasteiger partial charge in [-0.15, -0.1) is 0 Å². The molecule has 0 radical (unpaired) electrons. The van der Waals surface area contributed by atoms with Gasteiger partial charge >= 0.3 is 15.8 Å². The van der Waals surface area contributed by atoms with Crippen LogP contribution in [0.3, 0.4) is 0 Å². The van der Waals surface area contributed by atoms with Gasteiger partial charge in [-0.2, -0.15) is 8.42 Å². The molecule has 1 aromatic carbocycles. The van der Waals surface area contributed by atoms with Crippen LogP contribution in [0.25, 0.3) is 0 Å². The van der Waals surface area contributed by atoms with Crippen LogP contribution in [0.15, 0.2) is 32.8 Å². The maximum absolute atomic E-state index is 12.5. The van der Waals surface area contributed by atoms with E-state index in [1.165, 1.54) is 14.1 Å². The molecule has 23 heavy (non-hydrogen) atoms. The molecule has 0 N–H and O–H groups in total. The number of benzene rings is 1. The Hall–Kier alpha value is -2.35. The Bertz CT molecular complexity index is 1000. The highest BCUT2D eigenvalue weighted by Gasteiger charge is 2.24. The first-order valence-corrected chi connectivity index (χ1v) is 8.24. The van der Waals surface area contributed by atoms with Crippen LogP contribution in [0.2, 0.25) is 0 Å². The van der Waals surface area contributed by atoms with E-state index in [1.54, 1.807) is 13.0 Å². The molecule has 7 nitrogen and oxygen atoms in total. The smallest absolute Gasteiger partial charge is 0.346 e. The van der Waals surface area contributed by atoms with Gasteiger partial charge in [-0.25, -0.2) is 4.79 Å². The van der Waals surface area contributed by atoms with E-state index in [9.17, 15) is 18.0 Å². The van der Waals surface area contributed by atoms with Gasteiger partial charge in [0.2, 0.25) is 0 Å². The Morgan fingerprint density at radius 1 is 1.04 bits per heavy atom. The van der Waals surface area contributed by atoms with Gasteiger partial charge in [0.1, 0.15) is 5.75 Å². The highest BCUT2D eigenvalue weighted by atomic mass is 32.2. The number of aromatic nitrogens is 2. The van der Waals surface area contributed by atoms with Crippen molar-refractivity contribution in [3.63, 3.8) is 0 Å². The summed E-state index contributed by atoms with van der Waals surface area (Å²) in [6.45, 7) is 5.39. The van der Waals surface area contributed by atoms with Crippen molar-refractivity contribution >= 4 is 10.1 Å². The molecule has 0 spiro atoms. The Kier molecular flexibility index (Phi) is 4.21. The van der Waals surface area contributed by atoms with Crippen LogP contribution >= 0.6 is 0 Å². The van der Waals surface area contributed by atoms with Gasteiger partial charge in [0.05, 0.1) is 0 Å². The molecule has 0 amide bonds. The maximum Gasteiger partial charge on any atom is 0.346 e. The molecule has 0 aliphatic heterocycles. The average molecular weight is 338 g/mol. The standard InChI is InChI=1S/C15H18N2O5S/c1-9-6-10(2)11(3)12(7-9)22-23(20,21)13-8-16(4)15(19)17(5)14(13)18/h6-8H,1-5H3. The van der Waals surface area contributed by atoms with E-state index < -0.39 is 26.3 Å². The molecule has 0 atom stereocenters. The van der Waals surface area contributed by atoms with Crippen molar-refractivity contribution in [3.8, 4) is 5.75 Å². The molecule has 2 aromatic rings. The van der Waals surface area contributed by atoms with E-state index in [-0.39, 0.29) is 5.75 Å². The molecule has 8 heteroatoms. The number of hydrogen-bond acceptors (Lipinski definition) is 5. The average Bonchev–Trinajstić information content (AvgIpc) is 2.45. The molecule has 0 aliphatic rings. The number of rotatable bonds is 3. The van der Waals surface area contributed by atoms with Gasteiger partial charge in [0.25, 0.3) is 5.56 Å². The monoisotopic (exact) mass is 338 g/mol. The van der Waals surface area contributed by atoms with E-state index in [1.807, 2.05) is 19.9 Å². The highest BCUT2D eigenvalue weighted by Crippen LogP contribution is 2.25. The molecule has 2 rings (SSSR count). The van der Waals surface area contributed by atoms with E-state index in [4.69, 9.17) is 4.18 Å². The predicted octanol–water partition coefficient (Wildman–Crippen LogP) is 0.777. The number of nitrogens with zero attached hydrogens (tertiary/aromatic N) is 2. The summed E-state index contributed by atoms with van der Waals surface area (Å²) in [6.07, 6.45) is 0.970. The van der Waals surface area contributed by atoms with Crippen LogP contribution < -0.4 is 15.4 Å². The molecule has 0 bridgehead atoms. The second-order valence-electron chi connectivity index (χ2n) is 5.49. The van der Waals surface area contributed by atoms with Gasteiger partial charge in [-0.1, -0.05) is 6.07 Å². The molecule has 1 heterocycles. The van der Waals surface area contributed by atoms with Gasteiger partial charge < -0.3 is 8.75 Å². The Labute approximate surface area is 133 Å². The number of hydrogen-bond donors (Lipinski definition) is 0. The fourth-order valence-electron chi connectivity index (χ4n) is 2.20. The first kappa shape index (κ1) is 17.0. The fourth-order valence-corrected chi connectivity index (χ4v) is 3.33. The Morgan fingerprint density at radius 3 is 2.26 bits per heavy atom. The van der Waals surface area contributed by atoms with Crippen molar-refractivity contribution in [3.05, 3.63) is 55.9 Å². The molecule has 0 saturated carbocycles. The summed E-state index contributed by atoms with van der Waals surface area (Å²) in [7, 11) is -1.78. The lowest BCUT2D eigenvalue weighted by atomic mass is 10.1. The normalized spacial score (nSPS) is 11.5. The second kappa shape index (κ2) is 5.69. The quantitative estimate of drug-likeness (QED) is 0.772. The lowest BCUT2D eigenvalue weighted by molar-refractivity contribution is 0.478. The van der Waals surface area contributed by atoms with Crippen molar-refractivity contribution in [2.45, 2.75) is 25.7 Å². The summed E-state index contributed by atoms with van der Waals surface area (Å²) in [5.41, 5.74) is 0.850. The summed E-state index contributed by atoms with van der Waals surface area (Å²) in [5.74, 6) is 0.165. The fraction of sp³-hybridized carbons (Fsp3) is 0.333. The zero-order chi connectivity index (χ0) is 17.5. The largest absolute Gasteiger partial charge is 0.378 e. The van der Waals surface area contributed by atoms with Gasteiger partial charge in [0, 0.05) is 20.3 Å². The predicted molar refractivity (Wildman–Crippen MR) is 85.4 cm³/mol. The first-order chi connectivity index (χ1) is 10.5. The van der Waals surface area contributed by atoms with E-state index >= 15 is 0 Å². The molecule has 0 aliphatic carbocycles. The van der Waals surface area contributed by atoms with Gasteiger partial charge in [0.15, 0.2) is 4.90 Å². The minimum absolute atomic E-state index is 0.165. The Morgan fingerprint density at radius 2 is 1.65 bits per heavy atom. The van der Waals surface area contributed by atoms with Gasteiger partial charge in [-0.3, -0.25) is 9.36 Å². The van der Waals surface area contributed by atoms with Crippen LogP contribution in [-0.4, -0.2) is 17.6 Å². The van der Waals surface area contributed by atoms with E-state index in [2.05, 4.69) is 0 Å². The molecule has 124 valence electrons. The lowest BCUT2D eigenvalue weighted by Gasteiger charge is -2.13. The van der Waals surface area contributed by atoms with Crippen molar-refractivity contribution in [1.82, 2.24) is 9.13 Å². The summed E-state index contributed by atoms with van der Waals surface area (Å²) < 4.78 is 31.8. The van der Waals surface area contributed by atoms with Crippen molar-refractivity contribution in [1.29, 1.82) is 0 Å². The third-order valence-electron chi connectivity index (χ3n) is 3.65. The molecule has 0 unspecified atom stereocenters. The number of aryl methyl sites for hydroxylation is 3. The van der Waals surface area contributed by atoms with Crippen LogP contribution in [0.1, 0.15) is 16.7 Å². The molecule has 0 fully saturated rings. The SMILES string of the molecule is Cc1cc(C)c(C)c(OS(=O)(=O)c2cn(C)c(=O)n(C)c2=O)c1. The van der Waals surface area contributed by atoms with Crippen LogP contribution in [0, 0.1) is 20.8 Å². The topological polar surface area (TPSA) is 87.4 Å². The van der Waals surface area contributed by atoms with E-state index in [0.29, 0.717) is 5.56 Å². The lowest BCUT2D eigenvalue weighted by Crippen LogP contribution is -2.39. The molecular weight excluding hydrogens is 320 g/mol. The van der Waals surface area contributed by atoms with Crippen molar-refractivity contribution in [2.24, 2.45) is 14.1 Å². The third-order valence-corrected chi connectivity index (χ3v) is 4.87. The van der Waals surface area contributed by atoms with Crippen molar-refractivity contribution < 1.29 is 12.6 Å². The van der Waals surface area contributed by atoms with Crippen LogP contribution in [-0.2, 0) is 24.2 Å². The zero-order valence-corrected chi connectivity index (χ0v) is 14.4. The molecule has 1 aromatic heterocycles. The molecular formula is C15H18N2O5S. The van der Waals surface area contributed by atoms with E-state index in [0.717, 1.165) is 26.5 Å². The summed E-state index contributed by atoms with van der Waals surface area (Å²) in [5, 5.41) is 0. The first-order valence-electron chi connectivity index (χ1n) is 6.83. The molecule has 0 saturated heterocycles. The zero-order valence-electron chi connectivity index (χ0n) is 13.6. The summed E-state index contributed by atoms with van der Waals surface area (Å²) in [6, 6.07) is 3.49. The van der Waals surface area contributed by atoms with Crippen molar-refractivity contribution in [2.75, 3.05) is 0 Å². The van der Waals surface area contributed by atoms with Crippen LogP contribution in [0.4, 0.5) is 0 Å².